The molecule has 88 valence electrons. The Bertz CT molecular complexity index is 176. The fraction of sp³-hybridized carbons (Fsp3) is 0.857. The number of hydrogen-bond acceptors (Lipinski definition) is 1. The highest BCUT2D eigenvalue weighted by atomic mass is 15.0. The molecule has 0 aromatic heterocycles. The summed E-state index contributed by atoms with van der Waals surface area (Å²) < 4.78 is 0. The van der Waals surface area contributed by atoms with Crippen molar-refractivity contribution in [2.24, 2.45) is 5.92 Å². The van der Waals surface area contributed by atoms with Gasteiger partial charge in [-0.25, -0.2) is 0 Å². The van der Waals surface area contributed by atoms with Crippen LogP contribution in [0.25, 0.3) is 0 Å². The van der Waals surface area contributed by atoms with Gasteiger partial charge in [-0.2, -0.15) is 0 Å². The monoisotopic (exact) mass is 209 g/mol. The molecule has 1 saturated carbocycles. The summed E-state index contributed by atoms with van der Waals surface area (Å²) in [4.78, 5) is 0. The zero-order chi connectivity index (χ0) is 11.1. The van der Waals surface area contributed by atoms with Gasteiger partial charge in [0, 0.05) is 12.1 Å². The third-order valence-electron chi connectivity index (χ3n) is 3.74. The molecule has 0 aromatic rings. The van der Waals surface area contributed by atoms with Crippen molar-refractivity contribution in [1.82, 2.24) is 5.32 Å². The molecule has 0 heterocycles. The molecule has 15 heavy (non-hydrogen) atoms. The van der Waals surface area contributed by atoms with Crippen molar-refractivity contribution in [2.75, 3.05) is 0 Å². The van der Waals surface area contributed by atoms with Crippen molar-refractivity contribution in [3.63, 3.8) is 0 Å². The average molecular weight is 209 g/mol. The molecule has 1 heteroatoms. The van der Waals surface area contributed by atoms with Gasteiger partial charge in [0.25, 0.3) is 0 Å². The standard InChI is InChI=1S/C14H27N/c1-4-6-9-12(3)15-14-11-8-7-10-13(14)5-2/h4,12-15H,1,5-11H2,2-3H3. The number of nitrogens with one attached hydrogen (secondary N) is 1. The average Bonchev–Trinajstić information content (AvgIpc) is 2.27. The fourth-order valence-electron chi connectivity index (χ4n) is 2.73. The van der Waals surface area contributed by atoms with Gasteiger partial charge in [0.2, 0.25) is 0 Å². The number of hydrogen-bond donors (Lipinski definition) is 1. The fourth-order valence-corrected chi connectivity index (χ4v) is 2.73. The molecular formula is C14H27N. The lowest BCUT2D eigenvalue weighted by atomic mass is 9.82. The van der Waals surface area contributed by atoms with E-state index in [1.165, 1.54) is 38.5 Å². The van der Waals surface area contributed by atoms with Gasteiger partial charge in [-0.1, -0.05) is 32.3 Å². The van der Waals surface area contributed by atoms with Crippen LogP contribution in [0.3, 0.4) is 0 Å². The van der Waals surface area contributed by atoms with Crippen LogP contribution in [0.1, 0.15) is 58.8 Å². The second-order valence-electron chi connectivity index (χ2n) is 4.99. The van der Waals surface area contributed by atoms with Crippen molar-refractivity contribution >= 4 is 0 Å². The zero-order valence-electron chi connectivity index (χ0n) is 10.5. The summed E-state index contributed by atoms with van der Waals surface area (Å²) in [6.07, 6.45) is 11.4. The SMILES string of the molecule is C=CCCC(C)NC1CCCCC1CC. The van der Waals surface area contributed by atoms with Crippen molar-refractivity contribution in [2.45, 2.75) is 70.9 Å². The molecule has 0 bridgehead atoms. The first-order valence-corrected chi connectivity index (χ1v) is 6.64. The Balaban J connectivity index is 2.30. The molecule has 3 unspecified atom stereocenters. The Morgan fingerprint density at radius 3 is 2.80 bits per heavy atom. The first-order valence-electron chi connectivity index (χ1n) is 6.64. The van der Waals surface area contributed by atoms with Crippen LogP contribution in [-0.2, 0) is 0 Å². The molecule has 0 spiro atoms. The number of rotatable bonds is 6. The van der Waals surface area contributed by atoms with Gasteiger partial charge in [-0.15, -0.1) is 6.58 Å². The van der Waals surface area contributed by atoms with E-state index >= 15 is 0 Å². The van der Waals surface area contributed by atoms with E-state index in [1.54, 1.807) is 0 Å². The molecule has 1 rings (SSSR count). The maximum Gasteiger partial charge on any atom is 0.00977 e. The predicted octanol–water partition coefficient (Wildman–Crippen LogP) is 3.90. The summed E-state index contributed by atoms with van der Waals surface area (Å²) >= 11 is 0. The molecule has 0 aromatic carbocycles. The van der Waals surface area contributed by atoms with E-state index in [0.29, 0.717) is 6.04 Å². The zero-order valence-corrected chi connectivity index (χ0v) is 10.5. The summed E-state index contributed by atoms with van der Waals surface area (Å²) in [6, 6.07) is 1.43. The van der Waals surface area contributed by atoms with Gasteiger partial charge in [0.1, 0.15) is 0 Å². The highest BCUT2D eigenvalue weighted by molar-refractivity contribution is 4.83. The summed E-state index contributed by atoms with van der Waals surface area (Å²) in [5, 5.41) is 3.81. The number of allylic oxidation sites excluding steroid dienone is 1. The third-order valence-corrected chi connectivity index (χ3v) is 3.74. The van der Waals surface area contributed by atoms with Crippen LogP contribution in [-0.4, -0.2) is 12.1 Å². The van der Waals surface area contributed by atoms with Gasteiger partial charge >= 0.3 is 0 Å². The van der Waals surface area contributed by atoms with E-state index in [9.17, 15) is 0 Å². The molecule has 1 fully saturated rings. The van der Waals surface area contributed by atoms with E-state index in [2.05, 4.69) is 25.7 Å². The normalized spacial score (nSPS) is 28.7. The topological polar surface area (TPSA) is 12.0 Å². The van der Waals surface area contributed by atoms with Crippen molar-refractivity contribution in [1.29, 1.82) is 0 Å². The lowest BCUT2D eigenvalue weighted by Gasteiger charge is -2.34. The van der Waals surface area contributed by atoms with Crippen LogP contribution < -0.4 is 5.32 Å². The summed E-state index contributed by atoms with van der Waals surface area (Å²) in [5.41, 5.74) is 0. The molecule has 1 aliphatic carbocycles. The van der Waals surface area contributed by atoms with E-state index < -0.39 is 0 Å². The second-order valence-corrected chi connectivity index (χ2v) is 4.99. The van der Waals surface area contributed by atoms with Crippen LogP contribution in [0.5, 0.6) is 0 Å². The maximum absolute atomic E-state index is 3.81. The van der Waals surface area contributed by atoms with Crippen molar-refractivity contribution in [3.8, 4) is 0 Å². The molecule has 3 atom stereocenters. The van der Waals surface area contributed by atoms with E-state index in [4.69, 9.17) is 0 Å². The summed E-state index contributed by atoms with van der Waals surface area (Å²) in [7, 11) is 0. The van der Waals surface area contributed by atoms with Gasteiger partial charge in [0.05, 0.1) is 0 Å². The molecule has 0 saturated heterocycles. The Morgan fingerprint density at radius 1 is 1.40 bits per heavy atom. The summed E-state index contributed by atoms with van der Waals surface area (Å²) in [6.45, 7) is 8.43. The molecule has 1 nitrogen and oxygen atoms in total. The minimum Gasteiger partial charge on any atom is -0.311 e. The molecule has 0 aliphatic heterocycles. The quantitative estimate of drug-likeness (QED) is 0.654. The molecular weight excluding hydrogens is 182 g/mol. The molecule has 0 radical (unpaired) electrons. The van der Waals surface area contributed by atoms with Gasteiger partial charge in [-0.05, 0) is 38.5 Å². The second kappa shape index (κ2) is 7.05. The van der Waals surface area contributed by atoms with Crippen molar-refractivity contribution < 1.29 is 0 Å². The first-order chi connectivity index (χ1) is 7.27. The van der Waals surface area contributed by atoms with Crippen molar-refractivity contribution in [3.05, 3.63) is 12.7 Å². The van der Waals surface area contributed by atoms with Crippen LogP contribution >= 0.6 is 0 Å². The van der Waals surface area contributed by atoms with Gasteiger partial charge in [0.15, 0.2) is 0 Å². The Labute approximate surface area is 95.3 Å². The lowest BCUT2D eigenvalue weighted by molar-refractivity contribution is 0.237. The highest BCUT2D eigenvalue weighted by Gasteiger charge is 2.24. The minimum atomic E-state index is 0.653. The largest absolute Gasteiger partial charge is 0.311 e. The van der Waals surface area contributed by atoms with Gasteiger partial charge in [-0.3, -0.25) is 0 Å². The van der Waals surface area contributed by atoms with E-state index in [-0.39, 0.29) is 0 Å². The minimum absolute atomic E-state index is 0.653. The Hall–Kier alpha value is -0.300. The Morgan fingerprint density at radius 2 is 2.13 bits per heavy atom. The molecule has 1 N–H and O–H groups in total. The van der Waals surface area contributed by atoms with E-state index in [1.807, 2.05) is 6.08 Å². The third kappa shape index (κ3) is 4.38. The molecule has 1 aliphatic rings. The smallest absolute Gasteiger partial charge is 0.00977 e. The van der Waals surface area contributed by atoms with Gasteiger partial charge < -0.3 is 5.32 Å². The molecule has 0 amide bonds. The van der Waals surface area contributed by atoms with E-state index in [0.717, 1.165) is 18.4 Å². The van der Waals surface area contributed by atoms with Crippen LogP contribution in [0.2, 0.25) is 0 Å². The Kier molecular flexibility index (Phi) is 6.00. The maximum atomic E-state index is 3.81. The lowest BCUT2D eigenvalue weighted by Crippen LogP contribution is -2.43. The first kappa shape index (κ1) is 12.8. The van der Waals surface area contributed by atoms with Crippen LogP contribution in [0, 0.1) is 5.92 Å². The predicted molar refractivity (Wildman–Crippen MR) is 68.1 cm³/mol. The summed E-state index contributed by atoms with van der Waals surface area (Å²) in [5.74, 6) is 0.921. The van der Waals surface area contributed by atoms with Crippen LogP contribution in [0.15, 0.2) is 12.7 Å². The van der Waals surface area contributed by atoms with Crippen LogP contribution in [0.4, 0.5) is 0 Å². The highest BCUT2D eigenvalue weighted by Crippen LogP contribution is 2.27.